The van der Waals surface area contributed by atoms with E-state index in [2.05, 4.69) is 10.5 Å². The van der Waals surface area contributed by atoms with Crippen molar-refractivity contribution in [2.24, 2.45) is 5.10 Å². The maximum absolute atomic E-state index is 13.7. The Kier molecular flexibility index (Phi) is 10.1. The van der Waals surface area contributed by atoms with E-state index in [4.69, 9.17) is 21.1 Å². The van der Waals surface area contributed by atoms with Crippen molar-refractivity contribution in [3.8, 4) is 17.2 Å². The lowest BCUT2D eigenvalue weighted by Crippen LogP contribution is -2.40. The molecule has 1 N–H and O–H groups in total. The zero-order valence-electron chi connectivity index (χ0n) is 23.9. The lowest BCUT2D eigenvalue weighted by Gasteiger charge is -2.22. The number of sulfonamides is 1. The largest absolute Gasteiger partial charge is 0.493 e. The van der Waals surface area contributed by atoms with Crippen LogP contribution in [-0.4, -0.2) is 56.7 Å². The number of amides is 1. The van der Waals surface area contributed by atoms with Crippen LogP contribution in [0.5, 0.6) is 11.5 Å². The Morgan fingerprint density at radius 2 is 1.71 bits per heavy atom. The standard InChI is InChI=1S/C31H33ClN4O5S/c1-22-17-25(23(2)36(22)27-12-8-11-26(32)18-27)20-33-34-31(37)21-35(16-15-24-9-6-5-7-10-24)42(38,39)28-13-14-29(40-3)30(19-28)41-4/h5-14,17-20H,15-16,21H2,1-4H3,(H,34,37)/b33-20+. The monoisotopic (exact) mass is 608 g/mol. The maximum Gasteiger partial charge on any atom is 0.255 e. The average molecular weight is 609 g/mol. The van der Waals surface area contributed by atoms with Crippen LogP contribution in [0, 0.1) is 13.8 Å². The van der Waals surface area contributed by atoms with E-state index in [9.17, 15) is 13.2 Å². The zero-order valence-corrected chi connectivity index (χ0v) is 25.4. The van der Waals surface area contributed by atoms with Crippen LogP contribution in [0.2, 0.25) is 5.02 Å². The highest BCUT2D eigenvalue weighted by Crippen LogP contribution is 2.30. The van der Waals surface area contributed by atoms with Crippen LogP contribution in [0.3, 0.4) is 0 Å². The Labute approximate surface area is 251 Å². The van der Waals surface area contributed by atoms with Gasteiger partial charge in [0, 0.05) is 40.3 Å². The lowest BCUT2D eigenvalue weighted by molar-refractivity contribution is -0.121. The predicted molar refractivity (Wildman–Crippen MR) is 164 cm³/mol. The summed E-state index contributed by atoms with van der Waals surface area (Å²) >= 11 is 6.18. The molecule has 0 bridgehead atoms. The van der Waals surface area contributed by atoms with Gasteiger partial charge < -0.3 is 14.0 Å². The molecule has 42 heavy (non-hydrogen) atoms. The van der Waals surface area contributed by atoms with Crippen molar-refractivity contribution in [1.82, 2.24) is 14.3 Å². The molecule has 220 valence electrons. The first kappa shape index (κ1) is 30.8. The van der Waals surface area contributed by atoms with Crippen molar-refractivity contribution in [2.45, 2.75) is 25.2 Å². The van der Waals surface area contributed by atoms with Crippen molar-refractivity contribution < 1.29 is 22.7 Å². The molecule has 0 aliphatic carbocycles. The average Bonchev–Trinajstić information content (AvgIpc) is 3.27. The summed E-state index contributed by atoms with van der Waals surface area (Å²) in [7, 11) is -1.17. The molecule has 0 fully saturated rings. The molecule has 0 atom stereocenters. The Hall–Kier alpha value is -4.12. The minimum absolute atomic E-state index is 0.0158. The fourth-order valence-electron chi connectivity index (χ4n) is 4.61. The second-order valence-corrected chi connectivity index (χ2v) is 11.9. The number of aryl methyl sites for hydroxylation is 1. The first-order chi connectivity index (χ1) is 20.1. The second-order valence-electron chi connectivity index (χ2n) is 9.53. The molecule has 0 saturated carbocycles. The molecule has 0 radical (unpaired) electrons. The van der Waals surface area contributed by atoms with Crippen LogP contribution in [0.25, 0.3) is 5.69 Å². The fourth-order valence-corrected chi connectivity index (χ4v) is 6.21. The van der Waals surface area contributed by atoms with Gasteiger partial charge >= 0.3 is 0 Å². The zero-order chi connectivity index (χ0) is 30.3. The summed E-state index contributed by atoms with van der Waals surface area (Å²) < 4.78 is 41.1. The summed E-state index contributed by atoms with van der Waals surface area (Å²) in [4.78, 5) is 13.0. The summed E-state index contributed by atoms with van der Waals surface area (Å²) in [5.41, 5.74) is 7.01. The highest BCUT2D eigenvalue weighted by molar-refractivity contribution is 7.89. The third-order valence-electron chi connectivity index (χ3n) is 6.74. The highest BCUT2D eigenvalue weighted by atomic mass is 35.5. The Bertz CT molecular complexity index is 1690. The van der Waals surface area contributed by atoms with Gasteiger partial charge in [-0.25, -0.2) is 13.8 Å². The van der Waals surface area contributed by atoms with E-state index >= 15 is 0 Å². The molecule has 1 amide bonds. The number of hydrogen-bond donors (Lipinski definition) is 1. The molecular formula is C31H33ClN4O5S. The highest BCUT2D eigenvalue weighted by Gasteiger charge is 2.27. The van der Waals surface area contributed by atoms with Gasteiger partial charge in [0.05, 0.1) is 31.9 Å². The summed E-state index contributed by atoms with van der Waals surface area (Å²) in [6.45, 7) is 3.56. The van der Waals surface area contributed by atoms with E-state index in [-0.39, 0.29) is 17.2 Å². The van der Waals surface area contributed by atoms with Gasteiger partial charge in [0.15, 0.2) is 11.5 Å². The summed E-state index contributed by atoms with van der Waals surface area (Å²) in [5, 5.41) is 4.75. The summed E-state index contributed by atoms with van der Waals surface area (Å²) in [6.07, 6.45) is 1.96. The first-order valence-corrected chi connectivity index (χ1v) is 15.0. The number of benzene rings is 3. The van der Waals surface area contributed by atoms with Gasteiger partial charge in [0.1, 0.15) is 0 Å². The van der Waals surface area contributed by atoms with Crippen LogP contribution in [0.4, 0.5) is 0 Å². The normalized spacial score (nSPS) is 11.7. The third-order valence-corrected chi connectivity index (χ3v) is 8.81. The Balaban J connectivity index is 1.53. The quantitative estimate of drug-likeness (QED) is 0.177. The number of ether oxygens (including phenoxy) is 2. The minimum Gasteiger partial charge on any atom is -0.493 e. The molecule has 4 aromatic rings. The number of hydrogen-bond acceptors (Lipinski definition) is 6. The molecule has 1 aromatic heterocycles. The van der Waals surface area contributed by atoms with Gasteiger partial charge in [0.25, 0.3) is 5.91 Å². The molecule has 4 rings (SSSR count). The minimum atomic E-state index is -4.07. The van der Waals surface area contributed by atoms with E-state index in [1.54, 1.807) is 6.21 Å². The maximum atomic E-state index is 13.7. The molecule has 0 spiro atoms. The van der Waals surface area contributed by atoms with Gasteiger partial charge in [-0.05, 0) is 62.2 Å². The van der Waals surface area contributed by atoms with Crippen LogP contribution in [-0.2, 0) is 21.2 Å². The number of aromatic nitrogens is 1. The third kappa shape index (κ3) is 7.20. The lowest BCUT2D eigenvalue weighted by atomic mass is 10.1. The van der Waals surface area contributed by atoms with Crippen molar-refractivity contribution in [3.63, 3.8) is 0 Å². The van der Waals surface area contributed by atoms with Gasteiger partial charge in [0.2, 0.25) is 10.0 Å². The predicted octanol–water partition coefficient (Wildman–Crippen LogP) is 5.15. The molecule has 0 unspecified atom stereocenters. The van der Waals surface area contributed by atoms with E-state index < -0.39 is 22.5 Å². The van der Waals surface area contributed by atoms with Crippen molar-refractivity contribution in [2.75, 3.05) is 27.3 Å². The molecule has 0 aliphatic heterocycles. The molecular weight excluding hydrogens is 576 g/mol. The number of nitrogens with one attached hydrogen (secondary N) is 1. The summed E-state index contributed by atoms with van der Waals surface area (Å²) in [5.74, 6) is 0.0899. The van der Waals surface area contributed by atoms with E-state index in [1.807, 2.05) is 79.1 Å². The number of carbonyl (C=O) groups excluding carboxylic acids is 1. The molecule has 0 aliphatic rings. The van der Waals surface area contributed by atoms with Crippen molar-refractivity contribution in [3.05, 3.63) is 106 Å². The molecule has 3 aromatic carbocycles. The Morgan fingerprint density at radius 1 is 0.976 bits per heavy atom. The van der Waals surface area contributed by atoms with Crippen molar-refractivity contribution >= 4 is 33.7 Å². The van der Waals surface area contributed by atoms with Crippen molar-refractivity contribution in [1.29, 1.82) is 0 Å². The molecule has 1 heterocycles. The SMILES string of the molecule is COc1ccc(S(=O)(=O)N(CCc2ccccc2)CC(=O)N/N=C/c2cc(C)n(-c3cccc(Cl)c3)c2C)cc1OC. The van der Waals surface area contributed by atoms with E-state index in [0.717, 1.165) is 32.5 Å². The molecule has 9 nitrogen and oxygen atoms in total. The number of halogens is 1. The van der Waals surface area contributed by atoms with Gasteiger partial charge in [-0.1, -0.05) is 48.0 Å². The molecule has 11 heteroatoms. The van der Waals surface area contributed by atoms with E-state index in [0.29, 0.717) is 17.2 Å². The molecule has 0 saturated heterocycles. The summed E-state index contributed by atoms with van der Waals surface area (Å²) in [6, 6.07) is 23.3. The number of rotatable bonds is 12. The van der Waals surface area contributed by atoms with E-state index in [1.165, 1.54) is 32.4 Å². The number of nitrogens with zero attached hydrogens (tertiary/aromatic N) is 3. The Morgan fingerprint density at radius 3 is 2.40 bits per heavy atom. The number of methoxy groups -OCH3 is 2. The van der Waals surface area contributed by atoms with Crippen LogP contribution in [0.15, 0.2) is 88.9 Å². The van der Waals surface area contributed by atoms with Crippen LogP contribution < -0.4 is 14.9 Å². The fraction of sp³-hybridized carbons (Fsp3) is 0.226. The van der Waals surface area contributed by atoms with Gasteiger partial charge in [-0.3, -0.25) is 4.79 Å². The first-order valence-electron chi connectivity index (χ1n) is 13.2. The van der Waals surface area contributed by atoms with Gasteiger partial charge in [-0.2, -0.15) is 9.41 Å². The number of hydrazone groups is 1. The topological polar surface area (TPSA) is 102 Å². The smallest absolute Gasteiger partial charge is 0.255 e. The second kappa shape index (κ2) is 13.7. The number of carbonyl (C=O) groups is 1. The van der Waals surface area contributed by atoms with Crippen LogP contribution >= 0.6 is 11.6 Å². The van der Waals surface area contributed by atoms with Crippen LogP contribution in [0.1, 0.15) is 22.5 Å². The van der Waals surface area contributed by atoms with Gasteiger partial charge in [-0.15, -0.1) is 0 Å².